The highest BCUT2D eigenvalue weighted by Crippen LogP contribution is 2.36. The maximum atomic E-state index is 12.3. The number of carbonyl (C=O) groups excluding carboxylic acids is 1. The summed E-state index contributed by atoms with van der Waals surface area (Å²) in [4.78, 5) is 16.5. The summed E-state index contributed by atoms with van der Waals surface area (Å²) in [5, 5.41) is 9.93. The van der Waals surface area contributed by atoms with Gasteiger partial charge in [0.15, 0.2) is 0 Å². The Bertz CT molecular complexity index is 734. The van der Waals surface area contributed by atoms with Gasteiger partial charge in [-0.2, -0.15) is 5.26 Å². The van der Waals surface area contributed by atoms with Gasteiger partial charge in [0.05, 0.1) is 18.1 Å². The number of amides is 1. The molecule has 6 heteroatoms. The normalized spacial score (nSPS) is 19.3. The fraction of sp³-hybridized carbons (Fsp3) is 0.667. The smallest absolute Gasteiger partial charge is 0.410 e. The van der Waals surface area contributed by atoms with Crippen LogP contribution in [0.5, 0.6) is 5.75 Å². The summed E-state index contributed by atoms with van der Waals surface area (Å²) in [6.07, 6.45) is 4.59. The molecule has 1 aromatic rings. The first-order valence-electron chi connectivity index (χ1n) is 11.2. The van der Waals surface area contributed by atoms with Gasteiger partial charge in [-0.05, 0) is 83.7 Å². The third-order valence-corrected chi connectivity index (χ3v) is 5.98. The zero-order valence-corrected chi connectivity index (χ0v) is 18.7. The van der Waals surface area contributed by atoms with Gasteiger partial charge in [-0.3, -0.25) is 0 Å². The summed E-state index contributed by atoms with van der Waals surface area (Å²) in [5.41, 5.74) is -0.0731. The third kappa shape index (κ3) is 5.89. The predicted molar refractivity (Wildman–Crippen MR) is 117 cm³/mol. The van der Waals surface area contributed by atoms with Gasteiger partial charge in [0, 0.05) is 19.6 Å². The van der Waals surface area contributed by atoms with Crippen molar-refractivity contribution >= 4 is 6.09 Å². The van der Waals surface area contributed by atoms with E-state index in [0.717, 1.165) is 24.3 Å². The molecule has 2 fully saturated rings. The van der Waals surface area contributed by atoms with Crippen molar-refractivity contribution in [3.8, 4) is 11.8 Å². The highest BCUT2D eigenvalue weighted by atomic mass is 16.6. The van der Waals surface area contributed by atoms with Crippen LogP contribution in [0.3, 0.4) is 0 Å². The molecule has 2 saturated heterocycles. The van der Waals surface area contributed by atoms with Gasteiger partial charge in [-0.15, -0.1) is 0 Å². The van der Waals surface area contributed by atoms with Crippen molar-refractivity contribution in [1.29, 1.82) is 5.26 Å². The van der Waals surface area contributed by atoms with Crippen LogP contribution in [0.1, 0.15) is 58.4 Å². The molecule has 0 N–H and O–H groups in total. The lowest BCUT2D eigenvalue weighted by Gasteiger charge is -2.38. The second-order valence-corrected chi connectivity index (χ2v) is 9.44. The summed E-state index contributed by atoms with van der Waals surface area (Å²) in [7, 11) is 0. The molecule has 0 radical (unpaired) electrons. The minimum atomic E-state index is -0.563. The average molecular weight is 414 g/mol. The lowest BCUT2D eigenvalue weighted by molar-refractivity contribution is 0.0185. The number of nitrogens with zero attached hydrogens (tertiary/aromatic N) is 3. The van der Waals surface area contributed by atoms with E-state index in [1.54, 1.807) is 4.90 Å². The molecule has 1 amide bonds. The first kappa shape index (κ1) is 22.4. The fourth-order valence-corrected chi connectivity index (χ4v) is 4.22. The molecule has 6 nitrogen and oxygen atoms in total. The van der Waals surface area contributed by atoms with Gasteiger partial charge < -0.3 is 19.3 Å². The summed E-state index contributed by atoms with van der Waals surface area (Å²) < 4.78 is 11.4. The Balaban J connectivity index is 1.50. The van der Waals surface area contributed by atoms with Crippen LogP contribution in [0.2, 0.25) is 0 Å². The molecule has 0 atom stereocenters. The number of nitriles is 1. The molecule has 2 aliphatic rings. The first-order chi connectivity index (χ1) is 14.3. The summed E-state index contributed by atoms with van der Waals surface area (Å²) in [5.74, 6) is 0.847. The molecule has 0 saturated carbocycles. The Hall–Kier alpha value is -2.26. The lowest BCUT2D eigenvalue weighted by atomic mass is 9.74. The van der Waals surface area contributed by atoms with Gasteiger partial charge in [0.2, 0.25) is 0 Å². The number of benzene rings is 1. The molecule has 1 aromatic carbocycles. The van der Waals surface area contributed by atoms with Gasteiger partial charge >= 0.3 is 6.09 Å². The SMILES string of the molecule is CC(C)(C)OC(=O)N1CCC(C#N)(c2ccc(OCCCN3CCCC3)cc2)CC1. The minimum Gasteiger partial charge on any atom is -0.494 e. The van der Waals surface area contributed by atoms with Crippen LogP contribution in [0.25, 0.3) is 0 Å². The van der Waals surface area contributed by atoms with E-state index >= 15 is 0 Å². The largest absolute Gasteiger partial charge is 0.494 e. The van der Waals surface area contributed by atoms with E-state index < -0.39 is 11.0 Å². The Morgan fingerprint density at radius 2 is 1.73 bits per heavy atom. The number of hydrogen-bond donors (Lipinski definition) is 0. The Morgan fingerprint density at radius 1 is 1.10 bits per heavy atom. The van der Waals surface area contributed by atoms with E-state index in [9.17, 15) is 10.1 Å². The van der Waals surface area contributed by atoms with E-state index in [1.807, 2.05) is 45.0 Å². The van der Waals surface area contributed by atoms with Crippen molar-refractivity contribution < 1.29 is 14.3 Å². The van der Waals surface area contributed by atoms with Crippen molar-refractivity contribution in [2.24, 2.45) is 0 Å². The number of likely N-dealkylation sites (tertiary alicyclic amines) is 2. The van der Waals surface area contributed by atoms with E-state index in [4.69, 9.17) is 9.47 Å². The fourth-order valence-electron chi connectivity index (χ4n) is 4.22. The zero-order valence-electron chi connectivity index (χ0n) is 18.7. The molecule has 0 aromatic heterocycles. The molecule has 0 bridgehead atoms. The zero-order chi connectivity index (χ0) is 21.6. The quantitative estimate of drug-likeness (QED) is 0.649. The highest BCUT2D eigenvalue weighted by molar-refractivity contribution is 5.68. The number of rotatable bonds is 6. The lowest BCUT2D eigenvalue weighted by Crippen LogP contribution is -2.46. The minimum absolute atomic E-state index is 0.299. The van der Waals surface area contributed by atoms with Crippen LogP contribution in [0.15, 0.2) is 24.3 Å². The molecule has 30 heavy (non-hydrogen) atoms. The topological polar surface area (TPSA) is 65.8 Å². The van der Waals surface area contributed by atoms with E-state index in [-0.39, 0.29) is 6.09 Å². The van der Waals surface area contributed by atoms with Crippen LogP contribution in [0, 0.1) is 11.3 Å². The molecule has 0 aliphatic carbocycles. The van der Waals surface area contributed by atoms with Crippen LogP contribution >= 0.6 is 0 Å². The maximum Gasteiger partial charge on any atom is 0.410 e. The van der Waals surface area contributed by atoms with Gasteiger partial charge in [-0.1, -0.05) is 12.1 Å². The van der Waals surface area contributed by atoms with Crippen LogP contribution in [-0.4, -0.2) is 60.8 Å². The summed E-state index contributed by atoms with van der Waals surface area (Å²) in [6.45, 7) is 10.9. The van der Waals surface area contributed by atoms with E-state index in [1.165, 1.54) is 25.9 Å². The molecule has 0 unspecified atom stereocenters. The van der Waals surface area contributed by atoms with Crippen molar-refractivity contribution in [2.45, 2.75) is 63.9 Å². The Morgan fingerprint density at radius 3 is 2.30 bits per heavy atom. The summed E-state index contributed by atoms with van der Waals surface area (Å²) in [6, 6.07) is 10.4. The monoisotopic (exact) mass is 413 g/mol. The van der Waals surface area contributed by atoms with Crippen molar-refractivity contribution in [1.82, 2.24) is 9.80 Å². The van der Waals surface area contributed by atoms with Gasteiger partial charge in [-0.25, -0.2) is 4.79 Å². The van der Waals surface area contributed by atoms with Gasteiger partial charge in [0.1, 0.15) is 11.4 Å². The second kappa shape index (κ2) is 9.70. The number of carbonyl (C=O) groups is 1. The standard InChI is InChI=1S/C24H35N3O3/c1-23(2,3)30-22(28)27-16-11-24(19-25,12-17-27)20-7-9-21(10-8-20)29-18-6-15-26-13-4-5-14-26/h7-10H,4-6,11-18H2,1-3H3. The van der Waals surface area contributed by atoms with Crippen LogP contribution in [0.4, 0.5) is 4.79 Å². The maximum absolute atomic E-state index is 12.3. The summed E-state index contributed by atoms with van der Waals surface area (Å²) >= 11 is 0. The Kier molecular flexibility index (Phi) is 7.25. The number of hydrogen-bond acceptors (Lipinski definition) is 5. The number of piperidine rings is 1. The molecule has 164 valence electrons. The van der Waals surface area contributed by atoms with Crippen molar-refractivity contribution in [3.05, 3.63) is 29.8 Å². The molecule has 2 heterocycles. The van der Waals surface area contributed by atoms with E-state index in [2.05, 4.69) is 11.0 Å². The average Bonchev–Trinajstić information content (AvgIpc) is 3.24. The highest BCUT2D eigenvalue weighted by Gasteiger charge is 2.38. The molecule has 3 rings (SSSR count). The van der Waals surface area contributed by atoms with Crippen LogP contribution < -0.4 is 4.74 Å². The van der Waals surface area contributed by atoms with Gasteiger partial charge in [0.25, 0.3) is 0 Å². The molecular formula is C24H35N3O3. The predicted octanol–water partition coefficient (Wildman–Crippen LogP) is 4.34. The number of ether oxygens (including phenoxy) is 2. The molecule has 0 spiro atoms. The van der Waals surface area contributed by atoms with Crippen molar-refractivity contribution in [3.63, 3.8) is 0 Å². The molecular weight excluding hydrogens is 378 g/mol. The Labute approximate surface area is 180 Å². The third-order valence-electron chi connectivity index (χ3n) is 5.98. The van der Waals surface area contributed by atoms with Crippen molar-refractivity contribution in [2.75, 3.05) is 39.3 Å². The second-order valence-electron chi connectivity index (χ2n) is 9.44. The molecule has 2 aliphatic heterocycles. The first-order valence-corrected chi connectivity index (χ1v) is 11.2. The van der Waals surface area contributed by atoms with E-state index in [0.29, 0.717) is 32.5 Å². The van der Waals surface area contributed by atoms with Crippen LogP contribution in [-0.2, 0) is 10.2 Å².